The summed E-state index contributed by atoms with van der Waals surface area (Å²) in [6.07, 6.45) is 9.92. The summed E-state index contributed by atoms with van der Waals surface area (Å²) in [6, 6.07) is 0.151. The smallest absolute Gasteiger partial charge is 0.223 e. The third-order valence-corrected chi connectivity index (χ3v) is 3.79. The van der Waals surface area contributed by atoms with E-state index in [1.165, 1.54) is 32.1 Å². The molecule has 0 aromatic heterocycles. The van der Waals surface area contributed by atoms with Crippen LogP contribution < -0.4 is 5.32 Å². The lowest BCUT2D eigenvalue weighted by atomic mass is 9.90. The molecule has 1 amide bonds. The number of nitrogens with one attached hydrogen (secondary N) is 1. The normalized spacial score (nSPS) is 20.4. The van der Waals surface area contributed by atoms with Crippen molar-refractivity contribution in [2.24, 2.45) is 5.92 Å². The fourth-order valence-corrected chi connectivity index (χ4v) is 2.57. The maximum atomic E-state index is 12.1. The SMILES string of the molecule is CCC(CCO)NC(=O)C1CCCCCCC1. The third-order valence-electron chi connectivity index (χ3n) is 3.79. The van der Waals surface area contributed by atoms with E-state index in [-0.39, 0.29) is 24.5 Å². The van der Waals surface area contributed by atoms with E-state index in [4.69, 9.17) is 5.11 Å². The molecule has 1 aliphatic rings. The zero-order chi connectivity index (χ0) is 12.5. The fraction of sp³-hybridized carbons (Fsp3) is 0.929. The highest BCUT2D eigenvalue weighted by atomic mass is 16.3. The highest BCUT2D eigenvalue weighted by Gasteiger charge is 2.21. The first-order valence-electron chi connectivity index (χ1n) is 7.19. The summed E-state index contributed by atoms with van der Waals surface area (Å²) in [5.74, 6) is 0.426. The van der Waals surface area contributed by atoms with Crippen LogP contribution in [0.15, 0.2) is 0 Å². The summed E-state index contributed by atoms with van der Waals surface area (Å²) in [4.78, 5) is 12.1. The van der Waals surface area contributed by atoms with Crippen molar-refractivity contribution in [3.63, 3.8) is 0 Å². The second-order valence-corrected chi connectivity index (χ2v) is 5.17. The van der Waals surface area contributed by atoms with Crippen molar-refractivity contribution >= 4 is 5.91 Å². The predicted molar refractivity (Wildman–Crippen MR) is 69.7 cm³/mol. The summed E-state index contributed by atoms with van der Waals surface area (Å²) in [6.45, 7) is 2.21. The molecular weight excluding hydrogens is 214 g/mol. The first-order chi connectivity index (χ1) is 8.27. The molecule has 0 heterocycles. The second-order valence-electron chi connectivity index (χ2n) is 5.17. The van der Waals surface area contributed by atoms with Crippen LogP contribution in [0.4, 0.5) is 0 Å². The molecule has 1 rings (SSSR count). The molecule has 1 unspecified atom stereocenters. The van der Waals surface area contributed by atoms with E-state index in [1.54, 1.807) is 0 Å². The number of hydrogen-bond donors (Lipinski definition) is 2. The van der Waals surface area contributed by atoms with Gasteiger partial charge in [-0.15, -0.1) is 0 Å². The number of rotatable bonds is 5. The van der Waals surface area contributed by atoms with Gasteiger partial charge in [0.2, 0.25) is 5.91 Å². The number of carbonyl (C=O) groups excluding carboxylic acids is 1. The molecule has 0 aromatic carbocycles. The van der Waals surface area contributed by atoms with Crippen molar-refractivity contribution < 1.29 is 9.90 Å². The van der Waals surface area contributed by atoms with Crippen molar-refractivity contribution in [3.05, 3.63) is 0 Å². The van der Waals surface area contributed by atoms with Crippen LogP contribution in [-0.2, 0) is 4.79 Å². The Labute approximate surface area is 105 Å². The minimum atomic E-state index is 0.151. The lowest BCUT2D eigenvalue weighted by Crippen LogP contribution is -2.39. The molecule has 0 saturated heterocycles. The van der Waals surface area contributed by atoms with Gasteiger partial charge in [-0.05, 0) is 25.7 Å². The number of carbonyl (C=O) groups is 1. The summed E-state index contributed by atoms with van der Waals surface area (Å²) >= 11 is 0. The monoisotopic (exact) mass is 241 g/mol. The standard InChI is InChI=1S/C14H27NO2/c1-2-13(10-11-16)15-14(17)12-8-6-4-3-5-7-9-12/h12-13,16H,2-11H2,1H3,(H,15,17). The van der Waals surface area contributed by atoms with E-state index in [1.807, 2.05) is 0 Å². The van der Waals surface area contributed by atoms with Gasteiger partial charge in [0.25, 0.3) is 0 Å². The van der Waals surface area contributed by atoms with E-state index in [0.717, 1.165) is 19.3 Å². The van der Waals surface area contributed by atoms with Crippen LogP contribution >= 0.6 is 0 Å². The van der Waals surface area contributed by atoms with Crippen LogP contribution in [0.5, 0.6) is 0 Å². The Bertz CT molecular complexity index is 210. The van der Waals surface area contributed by atoms with Gasteiger partial charge in [0.05, 0.1) is 0 Å². The molecule has 17 heavy (non-hydrogen) atoms. The van der Waals surface area contributed by atoms with Gasteiger partial charge in [0.15, 0.2) is 0 Å². The van der Waals surface area contributed by atoms with Gasteiger partial charge in [-0.25, -0.2) is 0 Å². The summed E-state index contributed by atoms with van der Waals surface area (Å²) in [5, 5.41) is 12.0. The Hall–Kier alpha value is -0.570. The largest absolute Gasteiger partial charge is 0.396 e. The van der Waals surface area contributed by atoms with Crippen molar-refractivity contribution in [2.75, 3.05) is 6.61 Å². The topological polar surface area (TPSA) is 49.3 Å². The molecule has 0 radical (unpaired) electrons. The molecule has 3 nitrogen and oxygen atoms in total. The van der Waals surface area contributed by atoms with Gasteiger partial charge < -0.3 is 10.4 Å². The number of aliphatic hydroxyl groups excluding tert-OH is 1. The lowest BCUT2D eigenvalue weighted by Gasteiger charge is -2.22. The molecule has 1 saturated carbocycles. The maximum absolute atomic E-state index is 12.1. The highest BCUT2D eigenvalue weighted by Crippen LogP contribution is 2.22. The van der Waals surface area contributed by atoms with Gasteiger partial charge in [-0.3, -0.25) is 4.79 Å². The van der Waals surface area contributed by atoms with Crippen LogP contribution in [0, 0.1) is 5.92 Å². The molecule has 1 fully saturated rings. The zero-order valence-corrected chi connectivity index (χ0v) is 11.1. The quantitative estimate of drug-likeness (QED) is 0.777. The molecule has 100 valence electrons. The minimum Gasteiger partial charge on any atom is -0.396 e. The van der Waals surface area contributed by atoms with Crippen molar-refractivity contribution in [1.29, 1.82) is 0 Å². The first-order valence-corrected chi connectivity index (χ1v) is 7.19. The van der Waals surface area contributed by atoms with E-state index in [0.29, 0.717) is 6.42 Å². The maximum Gasteiger partial charge on any atom is 0.223 e. The van der Waals surface area contributed by atoms with Crippen molar-refractivity contribution in [2.45, 2.75) is 70.8 Å². The Balaban J connectivity index is 2.37. The Morgan fingerprint density at radius 2 is 1.82 bits per heavy atom. The molecule has 1 aliphatic carbocycles. The number of aliphatic hydroxyl groups is 1. The average Bonchev–Trinajstić information content (AvgIpc) is 2.27. The third kappa shape index (κ3) is 5.53. The van der Waals surface area contributed by atoms with Gasteiger partial charge >= 0.3 is 0 Å². The molecule has 0 bridgehead atoms. The summed E-state index contributed by atoms with van der Waals surface area (Å²) < 4.78 is 0. The Kier molecular flexibility index (Phi) is 7.25. The van der Waals surface area contributed by atoms with Crippen LogP contribution in [0.2, 0.25) is 0 Å². The van der Waals surface area contributed by atoms with Gasteiger partial charge in [0, 0.05) is 18.6 Å². The first kappa shape index (κ1) is 14.5. The van der Waals surface area contributed by atoms with Crippen LogP contribution in [0.25, 0.3) is 0 Å². The van der Waals surface area contributed by atoms with E-state index >= 15 is 0 Å². The molecule has 3 heteroatoms. The van der Waals surface area contributed by atoms with E-state index in [9.17, 15) is 4.79 Å². The Morgan fingerprint density at radius 3 is 2.35 bits per heavy atom. The summed E-state index contributed by atoms with van der Waals surface area (Å²) in [5.41, 5.74) is 0. The minimum absolute atomic E-state index is 0.151. The molecule has 1 atom stereocenters. The van der Waals surface area contributed by atoms with E-state index in [2.05, 4.69) is 12.2 Å². The molecule has 0 aromatic rings. The van der Waals surface area contributed by atoms with Crippen LogP contribution in [-0.4, -0.2) is 23.7 Å². The molecule has 0 aliphatic heterocycles. The molecular formula is C14H27NO2. The highest BCUT2D eigenvalue weighted by molar-refractivity contribution is 5.78. The number of hydrogen-bond acceptors (Lipinski definition) is 2. The van der Waals surface area contributed by atoms with Crippen LogP contribution in [0.1, 0.15) is 64.7 Å². The second kappa shape index (κ2) is 8.51. The van der Waals surface area contributed by atoms with Gasteiger partial charge in [-0.2, -0.15) is 0 Å². The van der Waals surface area contributed by atoms with Gasteiger partial charge in [-0.1, -0.05) is 39.0 Å². The van der Waals surface area contributed by atoms with E-state index < -0.39 is 0 Å². The predicted octanol–water partition coefficient (Wildman–Crippen LogP) is 2.62. The molecule has 0 spiro atoms. The van der Waals surface area contributed by atoms with Crippen LogP contribution in [0.3, 0.4) is 0 Å². The lowest BCUT2D eigenvalue weighted by molar-refractivity contribution is -0.126. The Morgan fingerprint density at radius 1 is 1.24 bits per heavy atom. The fourth-order valence-electron chi connectivity index (χ4n) is 2.57. The van der Waals surface area contributed by atoms with Gasteiger partial charge in [0.1, 0.15) is 0 Å². The molecule has 2 N–H and O–H groups in total. The van der Waals surface area contributed by atoms with Crippen molar-refractivity contribution in [1.82, 2.24) is 5.32 Å². The zero-order valence-electron chi connectivity index (χ0n) is 11.1. The van der Waals surface area contributed by atoms with Crippen molar-refractivity contribution in [3.8, 4) is 0 Å². The summed E-state index contributed by atoms with van der Waals surface area (Å²) in [7, 11) is 0. The average molecular weight is 241 g/mol. The number of amides is 1.